The Bertz CT molecular complexity index is 312. The van der Waals surface area contributed by atoms with Crippen molar-refractivity contribution in [2.24, 2.45) is 0 Å². The van der Waals surface area contributed by atoms with E-state index < -0.39 is 11.7 Å². The number of hydrogen-bond donors (Lipinski definition) is 1. The molecule has 0 bridgehead atoms. The van der Waals surface area contributed by atoms with Crippen LogP contribution in [0.5, 0.6) is 0 Å². The van der Waals surface area contributed by atoms with Crippen molar-refractivity contribution in [3.05, 3.63) is 29.8 Å². The summed E-state index contributed by atoms with van der Waals surface area (Å²) in [4.78, 5) is 14.8. The molecule has 70 valence electrons. The first-order chi connectivity index (χ1) is 6.11. The molecule has 0 saturated carbocycles. The summed E-state index contributed by atoms with van der Waals surface area (Å²) in [5.41, 5.74) is 0.0312. The van der Waals surface area contributed by atoms with E-state index in [9.17, 15) is 9.18 Å². The van der Waals surface area contributed by atoms with Crippen LogP contribution < -0.4 is 5.32 Å². The molecular formula is C9H11FN2O. The second-order valence-electron chi connectivity index (χ2n) is 2.98. The Hall–Kier alpha value is -1.45. The summed E-state index contributed by atoms with van der Waals surface area (Å²) in [5, 5.41) is 2.59. The summed E-state index contributed by atoms with van der Waals surface area (Å²) in [7, 11) is 0. The standard InChI is InChI=1S/C9H11FN2O/c1-6(2)12-9(13)7-3-4-11-5-8(7)10/h3-6H,1-2H3,(H,12,13). The number of amides is 1. The maximum Gasteiger partial charge on any atom is 0.254 e. The van der Waals surface area contributed by atoms with Crippen LogP contribution in [0, 0.1) is 5.82 Å². The summed E-state index contributed by atoms with van der Waals surface area (Å²) < 4.78 is 13.0. The molecule has 0 spiro atoms. The van der Waals surface area contributed by atoms with Crippen LogP contribution in [0.15, 0.2) is 18.5 Å². The van der Waals surface area contributed by atoms with Gasteiger partial charge < -0.3 is 5.32 Å². The number of aromatic nitrogens is 1. The molecule has 13 heavy (non-hydrogen) atoms. The SMILES string of the molecule is CC(C)NC(=O)c1ccncc1F. The van der Waals surface area contributed by atoms with Gasteiger partial charge in [-0.3, -0.25) is 9.78 Å². The lowest BCUT2D eigenvalue weighted by Gasteiger charge is -2.07. The molecule has 0 saturated heterocycles. The van der Waals surface area contributed by atoms with Gasteiger partial charge in [0.2, 0.25) is 0 Å². The monoisotopic (exact) mass is 182 g/mol. The van der Waals surface area contributed by atoms with Crippen molar-refractivity contribution in [1.29, 1.82) is 0 Å². The molecule has 1 heterocycles. The number of carbonyl (C=O) groups excluding carboxylic acids is 1. The number of nitrogens with one attached hydrogen (secondary N) is 1. The fourth-order valence-electron chi connectivity index (χ4n) is 0.899. The van der Waals surface area contributed by atoms with Crippen molar-refractivity contribution < 1.29 is 9.18 Å². The maximum absolute atomic E-state index is 13.0. The average Bonchev–Trinajstić information content (AvgIpc) is 2.03. The van der Waals surface area contributed by atoms with Gasteiger partial charge in [-0.05, 0) is 19.9 Å². The molecule has 1 rings (SSSR count). The normalized spacial score (nSPS) is 10.2. The molecule has 1 aromatic rings. The first-order valence-electron chi connectivity index (χ1n) is 4.01. The Labute approximate surface area is 76.0 Å². The van der Waals surface area contributed by atoms with Crippen LogP contribution in [0.25, 0.3) is 0 Å². The molecule has 4 heteroatoms. The number of pyridine rings is 1. The Morgan fingerprint density at radius 2 is 2.31 bits per heavy atom. The third-order valence-corrected chi connectivity index (χ3v) is 1.44. The number of rotatable bonds is 2. The van der Waals surface area contributed by atoms with Crippen LogP contribution in [0.3, 0.4) is 0 Å². The van der Waals surface area contributed by atoms with Crippen molar-refractivity contribution in [1.82, 2.24) is 10.3 Å². The summed E-state index contributed by atoms with van der Waals surface area (Å²) in [5.74, 6) is -1.00. The first-order valence-corrected chi connectivity index (χ1v) is 4.01. The smallest absolute Gasteiger partial charge is 0.254 e. The Morgan fingerprint density at radius 3 is 2.85 bits per heavy atom. The van der Waals surface area contributed by atoms with Crippen LogP contribution in [-0.2, 0) is 0 Å². The summed E-state index contributed by atoms with van der Waals surface area (Å²) >= 11 is 0. The summed E-state index contributed by atoms with van der Waals surface area (Å²) in [6.45, 7) is 3.63. The summed E-state index contributed by atoms with van der Waals surface area (Å²) in [6.07, 6.45) is 2.41. The van der Waals surface area contributed by atoms with E-state index in [-0.39, 0.29) is 11.6 Å². The largest absolute Gasteiger partial charge is 0.350 e. The lowest BCUT2D eigenvalue weighted by Crippen LogP contribution is -2.30. The van der Waals surface area contributed by atoms with E-state index in [1.807, 2.05) is 13.8 Å². The number of carbonyl (C=O) groups is 1. The van der Waals surface area contributed by atoms with Crippen molar-refractivity contribution in [3.63, 3.8) is 0 Å². The second-order valence-corrected chi connectivity index (χ2v) is 2.98. The Balaban J connectivity index is 2.83. The average molecular weight is 182 g/mol. The van der Waals surface area contributed by atoms with E-state index in [0.717, 1.165) is 6.20 Å². The van der Waals surface area contributed by atoms with Crippen LogP contribution in [0.4, 0.5) is 4.39 Å². The third kappa shape index (κ3) is 2.50. The van der Waals surface area contributed by atoms with Crippen molar-refractivity contribution in [2.75, 3.05) is 0 Å². The molecule has 3 nitrogen and oxygen atoms in total. The maximum atomic E-state index is 13.0. The number of nitrogens with zero attached hydrogens (tertiary/aromatic N) is 1. The fraction of sp³-hybridized carbons (Fsp3) is 0.333. The van der Waals surface area contributed by atoms with Gasteiger partial charge in [-0.2, -0.15) is 0 Å². The highest BCUT2D eigenvalue weighted by Crippen LogP contribution is 2.03. The molecule has 1 aromatic heterocycles. The second kappa shape index (κ2) is 3.98. The molecule has 1 N–H and O–H groups in total. The molecule has 0 atom stereocenters. The van der Waals surface area contributed by atoms with Gasteiger partial charge >= 0.3 is 0 Å². The van der Waals surface area contributed by atoms with Gasteiger partial charge in [0.1, 0.15) is 0 Å². The van der Waals surface area contributed by atoms with E-state index in [4.69, 9.17) is 0 Å². The van der Waals surface area contributed by atoms with Gasteiger partial charge in [-0.25, -0.2) is 4.39 Å². The van der Waals surface area contributed by atoms with E-state index in [0.29, 0.717) is 0 Å². The third-order valence-electron chi connectivity index (χ3n) is 1.44. The zero-order chi connectivity index (χ0) is 9.84. The molecule has 0 aliphatic rings. The minimum Gasteiger partial charge on any atom is -0.350 e. The zero-order valence-electron chi connectivity index (χ0n) is 7.54. The predicted molar refractivity (Wildman–Crippen MR) is 46.8 cm³/mol. The van der Waals surface area contributed by atoms with Crippen LogP contribution >= 0.6 is 0 Å². The minimum atomic E-state index is -0.597. The topological polar surface area (TPSA) is 42.0 Å². The van der Waals surface area contributed by atoms with Crippen molar-refractivity contribution >= 4 is 5.91 Å². The van der Waals surface area contributed by atoms with E-state index in [1.54, 1.807) is 0 Å². The van der Waals surface area contributed by atoms with Gasteiger partial charge in [0.25, 0.3) is 5.91 Å². The Morgan fingerprint density at radius 1 is 1.62 bits per heavy atom. The van der Waals surface area contributed by atoms with E-state index in [2.05, 4.69) is 10.3 Å². The first kappa shape index (κ1) is 9.64. The lowest BCUT2D eigenvalue weighted by molar-refractivity contribution is 0.0939. The van der Waals surface area contributed by atoms with Gasteiger partial charge in [0.05, 0.1) is 11.8 Å². The molecular weight excluding hydrogens is 171 g/mol. The quantitative estimate of drug-likeness (QED) is 0.750. The molecule has 1 amide bonds. The molecule has 0 aliphatic carbocycles. The summed E-state index contributed by atoms with van der Waals surface area (Å²) in [6, 6.07) is 1.35. The number of halogens is 1. The molecule has 0 fully saturated rings. The minimum absolute atomic E-state index is 0.0000605. The van der Waals surface area contributed by atoms with E-state index in [1.165, 1.54) is 12.3 Å². The van der Waals surface area contributed by atoms with Gasteiger partial charge in [-0.15, -0.1) is 0 Å². The highest BCUT2D eigenvalue weighted by molar-refractivity contribution is 5.94. The number of hydrogen-bond acceptors (Lipinski definition) is 2. The van der Waals surface area contributed by atoms with Crippen LogP contribution in [-0.4, -0.2) is 16.9 Å². The Kier molecular flexibility index (Phi) is 2.95. The lowest BCUT2D eigenvalue weighted by atomic mass is 10.2. The highest BCUT2D eigenvalue weighted by atomic mass is 19.1. The van der Waals surface area contributed by atoms with Crippen LogP contribution in [0.2, 0.25) is 0 Å². The molecule has 0 aliphatic heterocycles. The van der Waals surface area contributed by atoms with Gasteiger partial charge in [-0.1, -0.05) is 0 Å². The molecule has 0 aromatic carbocycles. The predicted octanol–water partition coefficient (Wildman–Crippen LogP) is 1.36. The van der Waals surface area contributed by atoms with Crippen molar-refractivity contribution in [2.45, 2.75) is 19.9 Å². The fourth-order valence-corrected chi connectivity index (χ4v) is 0.899. The van der Waals surface area contributed by atoms with Gasteiger partial charge in [0, 0.05) is 12.2 Å². The van der Waals surface area contributed by atoms with Crippen LogP contribution in [0.1, 0.15) is 24.2 Å². The molecule has 0 radical (unpaired) electrons. The van der Waals surface area contributed by atoms with Gasteiger partial charge in [0.15, 0.2) is 5.82 Å². The zero-order valence-corrected chi connectivity index (χ0v) is 7.54. The highest BCUT2D eigenvalue weighted by Gasteiger charge is 2.11. The van der Waals surface area contributed by atoms with Crippen molar-refractivity contribution in [3.8, 4) is 0 Å². The molecule has 0 unspecified atom stereocenters. The van der Waals surface area contributed by atoms with E-state index >= 15 is 0 Å².